The van der Waals surface area contributed by atoms with Gasteiger partial charge >= 0.3 is 0 Å². The molecule has 2 aliphatic rings. The van der Waals surface area contributed by atoms with Crippen LogP contribution in [0.15, 0.2) is 47.2 Å². The predicted molar refractivity (Wildman–Crippen MR) is 109 cm³/mol. The van der Waals surface area contributed by atoms with Gasteiger partial charge in [0, 0.05) is 25.7 Å². The molecule has 2 aromatic rings. The van der Waals surface area contributed by atoms with Crippen molar-refractivity contribution >= 4 is 17.2 Å². The summed E-state index contributed by atoms with van der Waals surface area (Å²) in [6.45, 7) is 3.39. The summed E-state index contributed by atoms with van der Waals surface area (Å²) in [5.74, 6) is 0.249. The molecule has 1 atom stereocenters. The van der Waals surface area contributed by atoms with E-state index in [-0.39, 0.29) is 11.5 Å². The smallest absolute Gasteiger partial charge is 0.227 e. The van der Waals surface area contributed by atoms with E-state index in [4.69, 9.17) is 4.74 Å². The van der Waals surface area contributed by atoms with Crippen molar-refractivity contribution in [2.75, 3.05) is 26.7 Å². The molecular formula is C22H28N2O2S. The van der Waals surface area contributed by atoms with Gasteiger partial charge in [0.2, 0.25) is 5.91 Å². The second kappa shape index (κ2) is 8.13. The lowest BCUT2D eigenvalue weighted by Crippen LogP contribution is -2.47. The lowest BCUT2D eigenvalue weighted by atomic mass is 9.87. The molecule has 0 N–H and O–H groups in total. The Morgan fingerprint density at radius 3 is 2.70 bits per heavy atom. The zero-order chi connectivity index (χ0) is 18.7. The predicted octanol–water partition coefficient (Wildman–Crippen LogP) is 3.57. The van der Waals surface area contributed by atoms with Gasteiger partial charge in [-0.3, -0.25) is 9.69 Å². The van der Waals surface area contributed by atoms with Crippen molar-refractivity contribution in [1.82, 2.24) is 9.80 Å². The maximum absolute atomic E-state index is 12.5. The van der Waals surface area contributed by atoms with Crippen LogP contribution in [0.4, 0.5) is 0 Å². The van der Waals surface area contributed by atoms with Crippen molar-refractivity contribution in [1.29, 1.82) is 0 Å². The monoisotopic (exact) mass is 384 g/mol. The van der Waals surface area contributed by atoms with E-state index in [1.165, 1.54) is 5.56 Å². The molecule has 0 aliphatic carbocycles. The average molecular weight is 385 g/mol. The number of hydrogen-bond donors (Lipinski definition) is 0. The van der Waals surface area contributed by atoms with Crippen LogP contribution in [0.1, 0.15) is 30.4 Å². The molecule has 1 amide bonds. The number of nitrogens with zero attached hydrogens (tertiary/aromatic N) is 2. The standard InChI is InChI=1S/C22H28N2O2S/c1-23(15-18-5-3-2-4-6-18)20-14-22(26-16-20)8-10-24(11-9-22)21(25)13-19-7-12-27-17-19/h2-7,12,17,20H,8-11,13-16H2,1H3. The highest BCUT2D eigenvalue weighted by molar-refractivity contribution is 7.08. The van der Waals surface area contributed by atoms with E-state index in [0.29, 0.717) is 12.5 Å². The minimum Gasteiger partial charge on any atom is -0.373 e. The highest BCUT2D eigenvalue weighted by atomic mass is 32.1. The van der Waals surface area contributed by atoms with Crippen molar-refractivity contribution < 1.29 is 9.53 Å². The highest BCUT2D eigenvalue weighted by Gasteiger charge is 2.44. The number of piperidine rings is 1. The number of hydrogen-bond acceptors (Lipinski definition) is 4. The van der Waals surface area contributed by atoms with Gasteiger partial charge in [0.15, 0.2) is 0 Å². The highest BCUT2D eigenvalue weighted by Crippen LogP contribution is 2.37. The largest absolute Gasteiger partial charge is 0.373 e. The number of carbonyl (C=O) groups excluding carboxylic acids is 1. The topological polar surface area (TPSA) is 32.8 Å². The van der Waals surface area contributed by atoms with E-state index >= 15 is 0 Å². The first-order valence-corrected chi connectivity index (χ1v) is 10.7. The van der Waals surface area contributed by atoms with Gasteiger partial charge < -0.3 is 9.64 Å². The van der Waals surface area contributed by atoms with Crippen molar-refractivity contribution in [2.24, 2.45) is 0 Å². The number of likely N-dealkylation sites (N-methyl/N-ethyl adjacent to an activating group) is 1. The minimum absolute atomic E-state index is 0.0330. The Morgan fingerprint density at radius 1 is 1.22 bits per heavy atom. The van der Waals surface area contributed by atoms with Crippen LogP contribution in [0.3, 0.4) is 0 Å². The molecule has 0 radical (unpaired) electrons. The van der Waals surface area contributed by atoms with Gasteiger partial charge in [-0.05, 0) is 54.3 Å². The lowest BCUT2D eigenvalue weighted by molar-refractivity contribution is -0.135. The van der Waals surface area contributed by atoms with Crippen LogP contribution in [-0.4, -0.2) is 54.1 Å². The van der Waals surface area contributed by atoms with Crippen LogP contribution in [0.2, 0.25) is 0 Å². The fourth-order valence-electron chi connectivity index (χ4n) is 4.30. The Labute approximate surface area is 165 Å². The maximum Gasteiger partial charge on any atom is 0.227 e. The Hall–Kier alpha value is -1.69. The fourth-order valence-corrected chi connectivity index (χ4v) is 4.96. The van der Waals surface area contributed by atoms with Crippen LogP contribution in [0.5, 0.6) is 0 Å². The first kappa shape index (κ1) is 18.7. The van der Waals surface area contributed by atoms with Crippen molar-refractivity contribution in [3.05, 3.63) is 58.3 Å². The third kappa shape index (κ3) is 4.42. The number of amides is 1. The normalized spacial score (nSPS) is 21.9. The van der Waals surface area contributed by atoms with Gasteiger partial charge in [0.1, 0.15) is 0 Å². The Bertz CT molecular complexity index is 739. The third-order valence-corrected chi connectivity index (χ3v) is 6.78. The summed E-state index contributed by atoms with van der Waals surface area (Å²) in [5.41, 5.74) is 2.44. The van der Waals surface area contributed by atoms with E-state index in [2.05, 4.69) is 47.7 Å². The van der Waals surface area contributed by atoms with E-state index in [1.807, 2.05) is 16.3 Å². The number of benzene rings is 1. The summed E-state index contributed by atoms with van der Waals surface area (Å²) >= 11 is 1.65. The lowest BCUT2D eigenvalue weighted by Gasteiger charge is -2.39. The molecule has 0 bridgehead atoms. The van der Waals surface area contributed by atoms with E-state index in [0.717, 1.165) is 51.1 Å². The number of thiophene rings is 1. The molecular weight excluding hydrogens is 356 g/mol. The molecule has 5 heteroatoms. The summed E-state index contributed by atoms with van der Waals surface area (Å²) < 4.78 is 6.31. The molecule has 0 saturated carbocycles. The van der Waals surface area contributed by atoms with Crippen molar-refractivity contribution in [2.45, 2.75) is 43.9 Å². The SMILES string of the molecule is CN(Cc1ccccc1)C1COC2(CCN(C(=O)Cc3ccsc3)CC2)C1. The number of likely N-dealkylation sites (tertiary alicyclic amines) is 1. The molecule has 27 heavy (non-hydrogen) atoms. The number of rotatable bonds is 5. The minimum atomic E-state index is -0.0330. The molecule has 3 heterocycles. The molecule has 1 aromatic carbocycles. The Morgan fingerprint density at radius 2 is 2.00 bits per heavy atom. The average Bonchev–Trinajstić information content (AvgIpc) is 3.34. The second-order valence-corrected chi connectivity index (χ2v) is 8.72. The second-order valence-electron chi connectivity index (χ2n) is 7.94. The molecule has 1 aromatic heterocycles. The summed E-state index contributed by atoms with van der Waals surface area (Å²) in [6, 6.07) is 13.1. The van der Waals surface area contributed by atoms with Gasteiger partial charge in [-0.15, -0.1) is 0 Å². The molecule has 4 nitrogen and oxygen atoms in total. The van der Waals surface area contributed by atoms with Crippen LogP contribution in [0, 0.1) is 0 Å². The fraction of sp³-hybridized carbons (Fsp3) is 0.500. The van der Waals surface area contributed by atoms with Gasteiger partial charge in [-0.2, -0.15) is 11.3 Å². The number of carbonyl (C=O) groups is 1. The van der Waals surface area contributed by atoms with Crippen LogP contribution >= 0.6 is 11.3 Å². The van der Waals surface area contributed by atoms with Gasteiger partial charge in [0.25, 0.3) is 0 Å². The molecule has 1 unspecified atom stereocenters. The van der Waals surface area contributed by atoms with Crippen molar-refractivity contribution in [3.8, 4) is 0 Å². The van der Waals surface area contributed by atoms with E-state index < -0.39 is 0 Å². The Kier molecular flexibility index (Phi) is 5.62. The molecule has 1 spiro atoms. The molecule has 2 fully saturated rings. The van der Waals surface area contributed by atoms with Gasteiger partial charge in [0.05, 0.1) is 18.6 Å². The summed E-state index contributed by atoms with van der Waals surface area (Å²) in [5, 5.41) is 4.10. The first-order chi connectivity index (χ1) is 13.1. The number of ether oxygens (including phenoxy) is 1. The van der Waals surface area contributed by atoms with Crippen LogP contribution in [-0.2, 0) is 22.5 Å². The first-order valence-electron chi connectivity index (χ1n) is 9.81. The molecule has 4 rings (SSSR count). The van der Waals surface area contributed by atoms with Crippen LogP contribution in [0.25, 0.3) is 0 Å². The summed E-state index contributed by atoms with van der Waals surface area (Å²) in [7, 11) is 2.19. The molecule has 2 saturated heterocycles. The zero-order valence-corrected chi connectivity index (χ0v) is 16.8. The van der Waals surface area contributed by atoms with Crippen molar-refractivity contribution in [3.63, 3.8) is 0 Å². The van der Waals surface area contributed by atoms with Gasteiger partial charge in [-0.1, -0.05) is 30.3 Å². The quantitative estimate of drug-likeness (QED) is 0.790. The maximum atomic E-state index is 12.5. The van der Waals surface area contributed by atoms with E-state index in [1.54, 1.807) is 11.3 Å². The molecule has 2 aliphatic heterocycles. The molecule has 144 valence electrons. The van der Waals surface area contributed by atoms with E-state index in [9.17, 15) is 4.79 Å². The van der Waals surface area contributed by atoms with Crippen LogP contribution < -0.4 is 0 Å². The third-order valence-electron chi connectivity index (χ3n) is 6.05. The van der Waals surface area contributed by atoms with Gasteiger partial charge in [-0.25, -0.2) is 0 Å². The Balaban J connectivity index is 1.28. The summed E-state index contributed by atoms with van der Waals surface area (Å²) in [6.07, 6.45) is 3.51. The zero-order valence-electron chi connectivity index (χ0n) is 16.0. The summed E-state index contributed by atoms with van der Waals surface area (Å²) in [4.78, 5) is 17.0.